The van der Waals surface area contributed by atoms with Gasteiger partial charge in [0.25, 0.3) is 0 Å². The normalized spacial score (nSPS) is 19.2. The Hall–Kier alpha value is -1.02. The van der Waals surface area contributed by atoms with E-state index in [-0.39, 0.29) is 12.7 Å². The molecule has 2 rings (SSSR count). The van der Waals surface area contributed by atoms with Crippen LogP contribution in [0.15, 0.2) is 22.7 Å². The Labute approximate surface area is 116 Å². The minimum atomic E-state index is 0.253. The van der Waals surface area contributed by atoms with Gasteiger partial charge in [-0.3, -0.25) is 0 Å². The van der Waals surface area contributed by atoms with Crippen LogP contribution in [-0.2, 0) is 11.2 Å². The highest BCUT2D eigenvalue weighted by Crippen LogP contribution is 2.26. The van der Waals surface area contributed by atoms with Crippen molar-refractivity contribution in [3.05, 3.63) is 28.2 Å². The van der Waals surface area contributed by atoms with Crippen LogP contribution in [0.1, 0.15) is 5.56 Å². The summed E-state index contributed by atoms with van der Waals surface area (Å²) in [4.78, 5) is 0. The summed E-state index contributed by atoms with van der Waals surface area (Å²) in [7, 11) is 0. The van der Waals surface area contributed by atoms with Crippen molar-refractivity contribution in [3.8, 4) is 18.1 Å². The van der Waals surface area contributed by atoms with Crippen molar-refractivity contribution in [2.45, 2.75) is 12.5 Å². The highest BCUT2D eigenvalue weighted by atomic mass is 79.9. The number of halogens is 1. The molecule has 18 heavy (non-hydrogen) atoms. The second kappa shape index (κ2) is 6.79. The Morgan fingerprint density at radius 2 is 2.44 bits per heavy atom. The van der Waals surface area contributed by atoms with E-state index < -0.39 is 0 Å². The number of benzene rings is 1. The van der Waals surface area contributed by atoms with E-state index in [4.69, 9.17) is 15.9 Å². The number of ether oxygens (including phenoxy) is 2. The Morgan fingerprint density at radius 3 is 3.11 bits per heavy atom. The van der Waals surface area contributed by atoms with Crippen LogP contribution in [0.5, 0.6) is 5.75 Å². The monoisotopic (exact) mass is 309 g/mol. The lowest BCUT2D eigenvalue weighted by atomic mass is 10.1. The van der Waals surface area contributed by atoms with Crippen LogP contribution in [0.2, 0.25) is 0 Å². The van der Waals surface area contributed by atoms with Gasteiger partial charge in [-0.05, 0) is 40.0 Å². The van der Waals surface area contributed by atoms with Gasteiger partial charge in [-0.1, -0.05) is 12.0 Å². The van der Waals surface area contributed by atoms with E-state index in [1.807, 2.05) is 6.07 Å². The summed E-state index contributed by atoms with van der Waals surface area (Å²) in [5, 5.41) is 3.33. The summed E-state index contributed by atoms with van der Waals surface area (Å²) in [5.74, 6) is 3.23. The fourth-order valence-corrected chi connectivity index (χ4v) is 2.46. The predicted octanol–water partition coefficient (Wildman–Crippen LogP) is 1.99. The van der Waals surface area contributed by atoms with Crippen molar-refractivity contribution in [3.63, 3.8) is 0 Å². The molecule has 0 aromatic heterocycles. The molecule has 1 atom stereocenters. The quantitative estimate of drug-likeness (QED) is 0.863. The third-order valence-electron chi connectivity index (χ3n) is 2.78. The third kappa shape index (κ3) is 3.74. The SMILES string of the molecule is C#CCOc1ccc(CC2CNCCO2)cc1Br. The number of terminal acetylenes is 1. The van der Waals surface area contributed by atoms with Crippen LogP contribution < -0.4 is 10.1 Å². The molecule has 96 valence electrons. The molecule has 1 saturated heterocycles. The van der Waals surface area contributed by atoms with E-state index in [2.05, 4.69) is 39.3 Å². The number of hydrogen-bond acceptors (Lipinski definition) is 3. The zero-order valence-corrected chi connectivity index (χ0v) is 11.7. The Balaban J connectivity index is 1.97. The maximum absolute atomic E-state index is 5.68. The van der Waals surface area contributed by atoms with Crippen molar-refractivity contribution >= 4 is 15.9 Å². The molecule has 0 aliphatic carbocycles. The maximum Gasteiger partial charge on any atom is 0.148 e. The second-order valence-electron chi connectivity index (χ2n) is 4.16. The molecule has 3 nitrogen and oxygen atoms in total. The average molecular weight is 310 g/mol. The minimum absolute atomic E-state index is 0.253. The molecule has 4 heteroatoms. The van der Waals surface area contributed by atoms with E-state index >= 15 is 0 Å². The molecule has 1 aromatic carbocycles. The summed E-state index contributed by atoms with van der Waals surface area (Å²) >= 11 is 3.49. The zero-order valence-electron chi connectivity index (χ0n) is 10.1. The molecule has 1 aliphatic rings. The lowest BCUT2D eigenvalue weighted by Crippen LogP contribution is -2.39. The van der Waals surface area contributed by atoms with E-state index in [0.29, 0.717) is 0 Å². The molecule has 0 saturated carbocycles. The maximum atomic E-state index is 5.68. The molecular weight excluding hydrogens is 294 g/mol. The number of morpholine rings is 1. The smallest absolute Gasteiger partial charge is 0.148 e. The first-order chi connectivity index (χ1) is 8.79. The van der Waals surface area contributed by atoms with Crippen LogP contribution in [0.4, 0.5) is 0 Å². The van der Waals surface area contributed by atoms with Gasteiger partial charge in [0, 0.05) is 13.1 Å². The molecule has 1 aliphatic heterocycles. The standard InChI is InChI=1S/C14H16BrNO2/c1-2-6-18-14-4-3-11(9-13(14)15)8-12-10-16-5-7-17-12/h1,3-4,9,12,16H,5-8,10H2. The number of rotatable bonds is 4. The Morgan fingerprint density at radius 1 is 1.56 bits per heavy atom. The molecule has 1 heterocycles. The van der Waals surface area contributed by atoms with Gasteiger partial charge in [0.05, 0.1) is 17.2 Å². The van der Waals surface area contributed by atoms with Crippen molar-refractivity contribution in [1.29, 1.82) is 0 Å². The van der Waals surface area contributed by atoms with Crippen LogP contribution >= 0.6 is 15.9 Å². The first-order valence-corrected chi connectivity index (χ1v) is 6.76. The van der Waals surface area contributed by atoms with Gasteiger partial charge < -0.3 is 14.8 Å². The van der Waals surface area contributed by atoms with Gasteiger partial charge in [0.1, 0.15) is 12.4 Å². The van der Waals surface area contributed by atoms with E-state index in [1.165, 1.54) is 5.56 Å². The fraction of sp³-hybridized carbons (Fsp3) is 0.429. The Kier molecular flexibility index (Phi) is 5.06. The summed E-state index contributed by atoms with van der Waals surface area (Å²) in [6.07, 6.45) is 6.32. The zero-order chi connectivity index (χ0) is 12.8. The lowest BCUT2D eigenvalue weighted by molar-refractivity contribution is 0.0292. The van der Waals surface area contributed by atoms with Crippen LogP contribution in [0, 0.1) is 12.3 Å². The van der Waals surface area contributed by atoms with E-state index in [9.17, 15) is 0 Å². The van der Waals surface area contributed by atoms with E-state index in [1.54, 1.807) is 0 Å². The number of nitrogens with one attached hydrogen (secondary N) is 1. The van der Waals surface area contributed by atoms with Gasteiger partial charge in [-0.25, -0.2) is 0 Å². The summed E-state index contributed by atoms with van der Waals surface area (Å²) in [6.45, 7) is 2.93. The molecule has 0 amide bonds. The van der Waals surface area contributed by atoms with Crippen molar-refractivity contribution in [2.75, 3.05) is 26.3 Å². The third-order valence-corrected chi connectivity index (χ3v) is 3.39. The topological polar surface area (TPSA) is 30.5 Å². The second-order valence-corrected chi connectivity index (χ2v) is 5.01. The number of hydrogen-bond donors (Lipinski definition) is 1. The van der Waals surface area contributed by atoms with Crippen LogP contribution in [-0.4, -0.2) is 32.4 Å². The molecule has 0 spiro atoms. The first kappa shape index (κ1) is 13.4. The fourth-order valence-electron chi connectivity index (χ4n) is 1.92. The van der Waals surface area contributed by atoms with E-state index in [0.717, 1.165) is 36.3 Å². The van der Waals surface area contributed by atoms with Crippen molar-refractivity contribution in [2.24, 2.45) is 0 Å². The lowest BCUT2D eigenvalue weighted by Gasteiger charge is -2.23. The van der Waals surface area contributed by atoms with Crippen LogP contribution in [0.3, 0.4) is 0 Å². The molecule has 1 unspecified atom stereocenters. The molecule has 0 radical (unpaired) electrons. The van der Waals surface area contributed by atoms with Crippen LogP contribution in [0.25, 0.3) is 0 Å². The summed E-state index contributed by atoms with van der Waals surface area (Å²) < 4.78 is 12.0. The molecule has 1 aromatic rings. The van der Waals surface area contributed by atoms with Gasteiger partial charge >= 0.3 is 0 Å². The molecule has 1 fully saturated rings. The van der Waals surface area contributed by atoms with Gasteiger partial charge in [0.2, 0.25) is 0 Å². The highest BCUT2D eigenvalue weighted by Gasteiger charge is 2.14. The van der Waals surface area contributed by atoms with Gasteiger partial charge in [0.15, 0.2) is 0 Å². The minimum Gasteiger partial charge on any atom is -0.480 e. The molecular formula is C14H16BrNO2. The average Bonchev–Trinajstić information content (AvgIpc) is 2.39. The van der Waals surface area contributed by atoms with Crippen molar-refractivity contribution < 1.29 is 9.47 Å². The van der Waals surface area contributed by atoms with Gasteiger partial charge in [-0.2, -0.15) is 0 Å². The molecule has 1 N–H and O–H groups in total. The largest absolute Gasteiger partial charge is 0.480 e. The first-order valence-electron chi connectivity index (χ1n) is 5.96. The van der Waals surface area contributed by atoms with Gasteiger partial charge in [-0.15, -0.1) is 6.42 Å². The molecule has 0 bridgehead atoms. The predicted molar refractivity (Wildman–Crippen MR) is 74.8 cm³/mol. The summed E-state index contributed by atoms with van der Waals surface area (Å²) in [5.41, 5.74) is 1.23. The highest BCUT2D eigenvalue weighted by molar-refractivity contribution is 9.10. The Bertz CT molecular complexity index is 436. The van der Waals surface area contributed by atoms with Crippen molar-refractivity contribution in [1.82, 2.24) is 5.32 Å². The summed E-state index contributed by atoms with van der Waals surface area (Å²) in [6, 6.07) is 6.05.